The van der Waals surface area contributed by atoms with Crippen LogP contribution in [0.15, 0.2) is 47.8 Å². The monoisotopic (exact) mass is 346 g/mol. The molecule has 3 aromatic rings. The fourth-order valence-electron chi connectivity index (χ4n) is 1.98. The van der Waals surface area contributed by atoms with Gasteiger partial charge in [0.2, 0.25) is 15.0 Å². The van der Waals surface area contributed by atoms with Crippen molar-refractivity contribution in [3.8, 4) is 21.8 Å². The van der Waals surface area contributed by atoms with Crippen molar-refractivity contribution >= 4 is 26.3 Å². The predicted octanol–water partition coefficient (Wildman–Crippen LogP) is 2.71. The van der Waals surface area contributed by atoms with Crippen molar-refractivity contribution in [1.29, 1.82) is 0 Å². The third kappa shape index (κ3) is 3.38. The van der Waals surface area contributed by atoms with Crippen LogP contribution in [-0.4, -0.2) is 36.7 Å². The van der Waals surface area contributed by atoms with E-state index in [2.05, 4.69) is 20.3 Å². The Morgan fingerprint density at radius 3 is 2.39 bits per heavy atom. The van der Waals surface area contributed by atoms with Gasteiger partial charge in [0.25, 0.3) is 0 Å². The smallest absolute Gasteiger partial charge is 0.247 e. The molecule has 0 aliphatic heterocycles. The lowest BCUT2D eigenvalue weighted by Crippen LogP contribution is -2.05. The molecular weight excluding hydrogens is 332 g/mol. The van der Waals surface area contributed by atoms with E-state index in [0.717, 1.165) is 21.8 Å². The first-order valence-electron chi connectivity index (χ1n) is 6.76. The van der Waals surface area contributed by atoms with E-state index >= 15 is 0 Å². The molecule has 0 spiro atoms. The molecule has 2 aromatic heterocycles. The van der Waals surface area contributed by atoms with Crippen LogP contribution in [0.1, 0.15) is 0 Å². The first-order valence-corrected chi connectivity index (χ1v) is 9.46. The highest BCUT2D eigenvalue weighted by molar-refractivity contribution is 7.90. The molecule has 0 atom stereocenters. The number of hydrogen-bond donors (Lipinski definition) is 1. The summed E-state index contributed by atoms with van der Waals surface area (Å²) in [4.78, 5) is 13.4. The van der Waals surface area contributed by atoms with Crippen molar-refractivity contribution in [2.24, 2.45) is 0 Å². The summed E-state index contributed by atoms with van der Waals surface area (Å²) in [6.45, 7) is 0. The van der Waals surface area contributed by atoms with Crippen molar-refractivity contribution in [2.75, 3.05) is 18.6 Å². The molecule has 0 radical (unpaired) electrons. The zero-order chi connectivity index (χ0) is 16.4. The van der Waals surface area contributed by atoms with Crippen LogP contribution < -0.4 is 5.32 Å². The lowest BCUT2D eigenvalue weighted by molar-refractivity contribution is 0.593. The molecule has 0 saturated heterocycles. The summed E-state index contributed by atoms with van der Waals surface area (Å²) in [6.07, 6.45) is 2.77. The maximum absolute atomic E-state index is 11.9. The van der Waals surface area contributed by atoms with E-state index in [1.807, 2.05) is 30.3 Å². The van der Waals surface area contributed by atoms with Gasteiger partial charge < -0.3 is 5.32 Å². The second-order valence-electron chi connectivity index (χ2n) is 4.84. The Labute approximate surface area is 138 Å². The summed E-state index contributed by atoms with van der Waals surface area (Å²) < 4.78 is 23.8. The third-order valence-electron chi connectivity index (χ3n) is 3.08. The molecule has 0 bridgehead atoms. The van der Waals surface area contributed by atoms with Gasteiger partial charge in [0.05, 0.1) is 16.3 Å². The molecule has 0 saturated carbocycles. The molecule has 1 N–H and O–H groups in total. The van der Waals surface area contributed by atoms with Crippen LogP contribution in [0.4, 0.5) is 5.13 Å². The largest absolute Gasteiger partial charge is 0.365 e. The number of thiazole rings is 1. The van der Waals surface area contributed by atoms with E-state index in [9.17, 15) is 8.42 Å². The van der Waals surface area contributed by atoms with Crippen LogP contribution in [-0.2, 0) is 9.84 Å². The molecule has 0 aliphatic rings. The molecule has 2 heterocycles. The summed E-state index contributed by atoms with van der Waals surface area (Å²) in [5, 5.41) is 3.50. The summed E-state index contributed by atoms with van der Waals surface area (Å²) in [5.41, 5.74) is 1.94. The van der Waals surface area contributed by atoms with Crippen LogP contribution in [0.5, 0.6) is 0 Å². The Bertz CT molecular complexity index is 937. The van der Waals surface area contributed by atoms with Crippen molar-refractivity contribution < 1.29 is 8.42 Å². The molecule has 0 fully saturated rings. The quantitative estimate of drug-likeness (QED) is 0.731. The predicted molar refractivity (Wildman–Crippen MR) is 91.2 cm³/mol. The number of hydrogen-bond acceptors (Lipinski definition) is 7. The summed E-state index contributed by atoms with van der Waals surface area (Å²) in [6, 6.07) is 11.2. The van der Waals surface area contributed by atoms with Crippen LogP contribution in [0.25, 0.3) is 21.8 Å². The van der Waals surface area contributed by atoms with E-state index in [4.69, 9.17) is 0 Å². The number of rotatable bonds is 4. The van der Waals surface area contributed by atoms with Gasteiger partial charge in [0, 0.05) is 25.1 Å². The molecule has 1 aromatic carbocycles. The van der Waals surface area contributed by atoms with E-state index in [1.165, 1.54) is 11.3 Å². The maximum atomic E-state index is 11.9. The van der Waals surface area contributed by atoms with Crippen molar-refractivity contribution in [2.45, 2.75) is 5.16 Å². The fourth-order valence-corrected chi connectivity index (χ4v) is 3.24. The minimum absolute atomic E-state index is 0.187. The first kappa shape index (κ1) is 15.6. The van der Waals surface area contributed by atoms with E-state index in [1.54, 1.807) is 19.3 Å². The molecule has 8 heteroatoms. The van der Waals surface area contributed by atoms with Crippen LogP contribution >= 0.6 is 11.3 Å². The highest BCUT2D eigenvalue weighted by Crippen LogP contribution is 2.30. The normalized spacial score (nSPS) is 11.4. The Balaban J connectivity index is 2.20. The van der Waals surface area contributed by atoms with Gasteiger partial charge in [0.15, 0.2) is 5.13 Å². The second-order valence-corrected chi connectivity index (χ2v) is 7.78. The molecular formula is C15H14N4O2S2. The minimum Gasteiger partial charge on any atom is -0.365 e. The Morgan fingerprint density at radius 2 is 1.78 bits per heavy atom. The lowest BCUT2D eigenvalue weighted by atomic mass is 10.1. The number of aromatic nitrogens is 3. The van der Waals surface area contributed by atoms with E-state index < -0.39 is 9.84 Å². The average Bonchev–Trinajstić information content (AvgIpc) is 3.03. The molecule has 0 aliphatic carbocycles. The molecule has 118 valence electrons. The first-order chi connectivity index (χ1) is 11.0. The van der Waals surface area contributed by atoms with Crippen LogP contribution in [0.2, 0.25) is 0 Å². The molecule has 0 unspecified atom stereocenters. The topological polar surface area (TPSA) is 84.8 Å². The number of anilines is 1. The summed E-state index contributed by atoms with van der Waals surface area (Å²) >= 11 is 1.40. The Morgan fingerprint density at radius 1 is 1.09 bits per heavy atom. The van der Waals surface area contributed by atoms with Gasteiger partial charge in [-0.05, 0) is 6.07 Å². The van der Waals surface area contributed by atoms with Crippen LogP contribution in [0, 0.1) is 0 Å². The number of nitrogens with zero attached hydrogens (tertiary/aromatic N) is 3. The second kappa shape index (κ2) is 6.05. The van der Waals surface area contributed by atoms with E-state index in [0.29, 0.717) is 11.4 Å². The average molecular weight is 346 g/mol. The number of sulfone groups is 1. The molecule has 6 nitrogen and oxygen atoms in total. The van der Waals surface area contributed by atoms with Gasteiger partial charge in [-0.2, -0.15) is 0 Å². The highest BCUT2D eigenvalue weighted by atomic mass is 32.2. The zero-order valence-corrected chi connectivity index (χ0v) is 14.1. The minimum atomic E-state index is -3.52. The third-order valence-corrected chi connectivity index (χ3v) is 4.96. The van der Waals surface area contributed by atoms with Gasteiger partial charge in [-0.15, -0.1) is 0 Å². The zero-order valence-electron chi connectivity index (χ0n) is 12.5. The van der Waals surface area contributed by atoms with Crippen molar-refractivity contribution in [3.63, 3.8) is 0 Å². The van der Waals surface area contributed by atoms with E-state index in [-0.39, 0.29) is 5.16 Å². The summed E-state index contributed by atoms with van der Waals surface area (Å²) in [7, 11) is -1.74. The molecule has 0 amide bonds. The highest BCUT2D eigenvalue weighted by Gasteiger charge is 2.17. The Hall–Kier alpha value is -2.32. The molecule has 23 heavy (non-hydrogen) atoms. The van der Waals surface area contributed by atoms with Crippen molar-refractivity contribution in [3.05, 3.63) is 42.6 Å². The fraction of sp³-hybridized carbons (Fsp3) is 0.133. The standard InChI is InChI=1S/C15H14N4O2S2/c1-16-14-17-9-13(22-14)12-8-11(10-6-4-3-5-7-10)18-15(19-12)23(2,20)21/h3-9H,1-2H3,(H,16,17). The summed E-state index contributed by atoms with van der Waals surface area (Å²) in [5.74, 6) is 0. The SMILES string of the molecule is CNc1ncc(-c2cc(-c3ccccc3)nc(S(C)(=O)=O)n2)s1. The van der Waals surface area contributed by atoms with Gasteiger partial charge in [-0.25, -0.2) is 23.4 Å². The lowest BCUT2D eigenvalue weighted by Gasteiger charge is -2.06. The van der Waals surface area contributed by atoms with Crippen LogP contribution in [0.3, 0.4) is 0 Å². The van der Waals surface area contributed by atoms with Gasteiger partial charge >= 0.3 is 0 Å². The van der Waals surface area contributed by atoms with Crippen molar-refractivity contribution in [1.82, 2.24) is 15.0 Å². The maximum Gasteiger partial charge on any atom is 0.247 e. The number of benzene rings is 1. The van der Waals surface area contributed by atoms with Gasteiger partial charge in [-0.3, -0.25) is 0 Å². The Kier molecular flexibility index (Phi) is 4.10. The van der Waals surface area contributed by atoms with Gasteiger partial charge in [0.1, 0.15) is 0 Å². The molecule has 3 rings (SSSR count). The van der Waals surface area contributed by atoms with Gasteiger partial charge in [-0.1, -0.05) is 41.7 Å². The number of nitrogens with one attached hydrogen (secondary N) is 1.